The molecule has 34 heteroatoms. The van der Waals surface area contributed by atoms with E-state index in [0.717, 1.165) is 30.7 Å². The SMILES string of the molecule is NCCCC[C@H](NC(=O)CNC(=O)CCCC[C@@H]1SC[C@@H]2NC(=O)N[C@@H]21)C(=O)NCC(=O)N[C@@H](CCCCN)C(=O)NCC(=O)N[C@@H](CCCCN)C(=O)NCC(=O)N[C@@H](CCCCNC(=O)c1c(O)ccc2c1oc1cc(=O)ccc-1[n+]2[O-])C(=O)NCC(N)=O. The Morgan fingerprint density at radius 3 is 1.57 bits per heavy atom. The van der Waals surface area contributed by atoms with E-state index in [2.05, 4.69) is 63.8 Å². The number of urea groups is 1. The molecule has 91 heavy (non-hydrogen) atoms. The van der Waals surface area contributed by atoms with Gasteiger partial charge < -0.3 is 101 Å². The van der Waals surface area contributed by atoms with Crippen molar-refractivity contribution < 1.29 is 71.8 Å². The standard InChI is InChI=1S/C57H85N17O16S/c58-21-7-3-11-33(68-45(79)27-63-44(78)16-2-1-15-42-50-37(31-91-42)72-57(88)73-50)53(84)65-28-46(80)69-34(12-4-8-22-59)54(85)66-29-47(81)70-35(13-5-9-23-60)55(86)67-30-48(82)71-36(52(83)64-26-43(61)77)14-6-10-24-62-56(87)49-40(76)20-19-39-51(49)90-41-25-32(75)17-18-38(41)74(39)89/h17-20,25,33-37,42,50,76H,1-16,21-24,26-31,58-60H2,(H2,61,77)(H,62,87)(H,63,78)(H,64,83)(H,65,84)(H,66,85)(H,67,86)(H,68,79)(H,69,80)(H,70,81)(H,71,82)(H2,72,73,88)/t33-,34-,35-,36-,37-,42-,50-/m0/s1. The van der Waals surface area contributed by atoms with Gasteiger partial charge in [0.15, 0.2) is 5.43 Å². The van der Waals surface area contributed by atoms with E-state index in [-0.39, 0.29) is 122 Å². The second kappa shape index (κ2) is 38.0. The minimum absolute atomic E-state index is 0.0156. The first-order valence-corrected chi connectivity index (χ1v) is 31.4. The Kier molecular flexibility index (Phi) is 30.4. The van der Waals surface area contributed by atoms with Crippen LogP contribution in [0.5, 0.6) is 5.75 Å². The first-order chi connectivity index (χ1) is 43.6. The van der Waals surface area contributed by atoms with Gasteiger partial charge in [-0.05, 0) is 122 Å². The Balaban J connectivity index is 1.07. The first-order valence-electron chi connectivity index (χ1n) is 30.3. The highest BCUT2D eigenvalue weighted by atomic mass is 32.2. The zero-order valence-corrected chi connectivity index (χ0v) is 51.4. The van der Waals surface area contributed by atoms with Crippen LogP contribution in [0.25, 0.3) is 22.6 Å². The molecular weight excluding hydrogens is 1210 g/mol. The highest BCUT2D eigenvalue weighted by Crippen LogP contribution is 2.33. The number of hydrogen-bond donors (Lipinski definition) is 17. The lowest BCUT2D eigenvalue weighted by Crippen LogP contribution is -2.55. The van der Waals surface area contributed by atoms with Gasteiger partial charge in [0, 0.05) is 42.2 Å². The quantitative estimate of drug-likeness (QED) is 0.00834. The van der Waals surface area contributed by atoms with Crippen molar-refractivity contribution in [3.05, 3.63) is 51.3 Å². The van der Waals surface area contributed by atoms with Crippen LogP contribution in [0, 0.1) is 5.21 Å². The average Bonchev–Trinajstić information content (AvgIpc) is 1.36. The van der Waals surface area contributed by atoms with E-state index in [9.17, 15) is 72.6 Å². The van der Waals surface area contributed by atoms with Gasteiger partial charge in [0.05, 0.1) is 44.8 Å². The van der Waals surface area contributed by atoms with Crippen molar-refractivity contribution in [2.45, 2.75) is 144 Å². The monoisotopic (exact) mass is 1300 g/mol. The summed E-state index contributed by atoms with van der Waals surface area (Å²) >= 11 is 1.78. The number of nitrogens with zero attached hydrogens (tertiary/aromatic N) is 1. The third-order valence-electron chi connectivity index (χ3n) is 14.8. The van der Waals surface area contributed by atoms with E-state index in [4.69, 9.17) is 27.4 Å². The fraction of sp³-hybridized carbons (Fsp3) is 0.579. The van der Waals surface area contributed by atoms with Gasteiger partial charge in [-0.25, -0.2) is 4.79 Å². The number of rotatable bonds is 41. The fourth-order valence-electron chi connectivity index (χ4n) is 10.0. The van der Waals surface area contributed by atoms with E-state index in [1.165, 1.54) is 18.2 Å². The minimum Gasteiger partial charge on any atom is -0.618 e. The number of carbonyl (C=O) groups is 12. The average molecular weight is 1300 g/mol. The summed E-state index contributed by atoms with van der Waals surface area (Å²) in [5.41, 5.74) is 21.0. The molecule has 1 aromatic carbocycles. The van der Waals surface area contributed by atoms with Gasteiger partial charge >= 0.3 is 6.03 Å². The van der Waals surface area contributed by atoms with Crippen molar-refractivity contribution in [2.24, 2.45) is 22.9 Å². The highest BCUT2D eigenvalue weighted by molar-refractivity contribution is 8.00. The molecule has 0 bridgehead atoms. The molecule has 3 heterocycles. The van der Waals surface area contributed by atoms with Crippen LogP contribution in [0.15, 0.2) is 39.5 Å². The Hall–Kier alpha value is -8.89. The third-order valence-corrected chi connectivity index (χ3v) is 16.3. The number of unbranched alkanes of at least 4 members (excludes halogenated alkanes) is 5. The molecule has 0 radical (unpaired) electrons. The number of nitrogens with one attached hydrogen (secondary N) is 12. The van der Waals surface area contributed by atoms with E-state index < -0.39 is 127 Å². The lowest BCUT2D eigenvalue weighted by molar-refractivity contribution is -0.566. The predicted molar refractivity (Wildman–Crippen MR) is 331 cm³/mol. The second-order valence-electron chi connectivity index (χ2n) is 21.9. The van der Waals surface area contributed by atoms with Gasteiger partial charge in [-0.2, -0.15) is 16.5 Å². The molecule has 1 aromatic rings. The molecule has 0 saturated carbocycles. The lowest BCUT2D eigenvalue weighted by atomic mass is 10.0. The summed E-state index contributed by atoms with van der Waals surface area (Å²) in [5, 5.41) is 54.7. The maximum atomic E-state index is 13.5. The molecule has 0 unspecified atom stereocenters. The number of hydrogen-bond acceptors (Lipinski definition) is 20. The number of aromatic hydroxyl groups is 1. The topological polar surface area (TPSA) is 531 Å². The number of thioether (sulfide) groups is 1. The Bertz CT molecular complexity index is 3080. The molecule has 2 fully saturated rings. The third kappa shape index (κ3) is 24.1. The number of amides is 13. The van der Waals surface area contributed by atoms with Crippen LogP contribution in [-0.2, 0) is 47.9 Å². The number of primary amides is 1. The summed E-state index contributed by atoms with van der Waals surface area (Å²) in [6, 6.07) is 1.03. The van der Waals surface area contributed by atoms with Gasteiger partial charge in [0.25, 0.3) is 17.1 Å². The van der Waals surface area contributed by atoms with E-state index >= 15 is 0 Å². The fourth-order valence-corrected chi connectivity index (χ4v) is 11.6. The maximum absolute atomic E-state index is 13.5. The summed E-state index contributed by atoms with van der Waals surface area (Å²) in [5.74, 6) is -8.07. The number of phenols is 1. The van der Waals surface area contributed by atoms with Crippen LogP contribution < -0.4 is 96.9 Å². The van der Waals surface area contributed by atoms with Gasteiger partial charge in [0.2, 0.25) is 70.4 Å². The van der Waals surface area contributed by atoms with E-state index in [1.54, 1.807) is 11.8 Å². The smallest absolute Gasteiger partial charge is 0.315 e. The molecule has 4 aliphatic rings. The van der Waals surface area contributed by atoms with E-state index in [0.29, 0.717) is 56.2 Å². The minimum atomic E-state index is -1.28. The number of benzene rings is 2. The van der Waals surface area contributed by atoms with Crippen LogP contribution >= 0.6 is 11.8 Å². The van der Waals surface area contributed by atoms with Gasteiger partial charge in [-0.15, -0.1) is 0 Å². The number of nitrogens with two attached hydrogens (primary N) is 4. The van der Waals surface area contributed by atoms with Gasteiger partial charge in [0.1, 0.15) is 35.5 Å². The zero-order chi connectivity index (χ0) is 66.4. The van der Waals surface area contributed by atoms with Crippen molar-refractivity contribution in [1.29, 1.82) is 0 Å². The van der Waals surface area contributed by atoms with Crippen molar-refractivity contribution in [2.75, 3.05) is 64.7 Å². The zero-order valence-electron chi connectivity index (χ0n) is 50.5. The summed E-state index contributed by atoms with van der Waals surface area (Å²) in [6.07, 6.45) is 5.54. The molecule has 33 nitrogen and oxygen atoms in total. The molecular formula is C57H85N17O16S. The molecule has 0 aromatic heterocycles. The molecule has 5 rings (SSSR count). The molecule has 1 aliphatic carbocycles. The van der Waals surface area contributed by atoms with Crippen molar-refractivity contribution >= 4 is 93.9 Å². The largest absolute Gasteiger partial charge is 0.618 e. The maximum Gasteiger partial charge on any atom is 0.315 e. The summed E-state index contributed by atoms with van der Waals surface area (Å²) in [6.45, 7) is -2.14. The van der Waals surface area contributed by atoms with Crippen LogP contribution in [0.3, 0.4) is 0 Å². The Labute approximate surface area is 528 Å². The molecule has 2 saturated heterocycles. The van der Waals surface area contributed by atoms with Crippen LogP contribution in [0.4, 0.5) is 4.79 Å². The summed E-state index contributed by atoms with van der Waals surface area (Å²) in [7, 11) is 0. The van der Waals surface area contributed by atoms with Crippen molar-refractivity contribution in [3.63, 3.8) is 0 Å². The highest BCUT2D eigenvalue weighted by Gasteiger charge is 2.42. The molecule has 21 N–H and O–H groups in total. The Morgan fingerprint density at radius 1 is 0.593 bits per heavy atom. The number of fused-ring (bicyclic) bond motifs is 3. The number of carbonyl (C=O) groups excluding carboxylic acids is 12. The summed E-state index contributed by atoms with van der Waals surface area (Å²) in [4.78, 5) is 167. The molecule has 3 aliphatic heterocycles. The van der Waals surface area contributed by atoms with E-state index in [1.807, 2.05) is 0 Å². The van der Waals surface area contributed by atoms with Crippen molar-refractivity contribution in [1.82, 2.24) is 63.8 Å². The molecule has 500 valence electrons. The summed E-state index contributed by atoms with van der Waals surface area (Å²) < 4.78 is 6.18. The van der Waals surface area contributed by atoms with Crippen LogP contribution in [-0.4, -0.2) is 182 Å². The Morgan fingerprint density at radius 2 is 1.08 bits per heavy atom. The van der Waals surface area contributed by atoms with Crippen LogP contribution in [0.1, 0.15) is 113 Å². The second-order valence-corrected chi connectivity index (χ2v) is 23.2. The normalized spacial score (nSPS) is 16.1. The lowest BCUT2D eigenvalue weighted by Gasteiger charge is -2.22. The number of phenolic OH excluding ortho intramolecular Hbond substituents is 1. The van der Waals surface area contributed by atoms with Gasteiger partial charge in [-0.1, -0.05) is 6.42 Å². The van der Waals surface area contributed by atoms with Gasteiger partial charge in [-0.3, -0.25) is 57.5 Å². The molecule has 0 spiro atoms. The first kappa shape index (κ1) is 72.9. The number of aromatic nitrogens is 1. The van der Waals surface area contributed by atoms with Crippen molar-refractivity contribution in [3.8, 4) is 17.2 Å². The predicted octanol–water partition coefficient (Wildman–Crippen LogP) is -4.74. The molecule has 7 atom stereocenters. The molecule has 13 amide bonds. The van der Waals surface area contributed by atoms with Crippen LogP contribution in [0.2, 0.25) is 0 Å².